The van der Waals surface area contributed by atoms with Crippen molar-refractivity contribution in [3.05, 3.63) is 52.0 Å². The fraction of sp³-hybridized carbons (Fsp3) is 0.176. The second-order valence-electron chi connectivity index (χ2n) is 5.46. The highest BCUT2D eigenvalue weighted by molar-refractivity contribution is 7.10. The van der Waals surface area contributed by atoms with Crippen LogP contribution < -0.4 is 5.32 Å². The van der Waals surface area contributed by atoms with E-state index in [0.29, 0.717) is 22.3 Å². The Morgan fingerprint density at radius 1 is 1.17 bits per heavy atom. The third kappa shape index (κ3) is 3.94. The molecule has 122 valence electrons. The average molecular weight is 340 g/mol. The topological polar surface area (TPSA) is 88.0 Å². The number of carbonyl (C=O) groups is 1. The summed E-state index contributed by atoms with van der Waals surface area (Å²) in [6, 6.07) is 7.90. The lowest BCUT2D eigenvalue weighted by Gasteiger charge is -2.07. The molecule has 0 amide bonds. The number of rotatable bonds is 5. The Hall–Kier alpha value is -2.80. The zero-order valence-corrected chi connectivity index (χ0v) is 14.1. The molecule has 3 aromatic rings. The molecular weight excluding hydrogens is 324 g/mol. The Morgan fingerprint density at radius 2 is 1.92 bits per heavy atom. The predicted octanol–water partition coefficient (Wildman–Crippen LogP) is 3.59. The van der Waals surface area contributed by atoms with Crippen molar-refractivity contribution in [2.75, 3.05) is 5.32 Å². The Balaban J connectivity index is 1.83. The zero-order chi connectivity index (χ0) is 17.1. The molecular formula is C17H16N4O2S. The van der Waals surface area contributed by atoms with E-state index in [2.05, 4.69) is 26.3 Å². The molecule has 1 aromatic carbocycles. The number of hydrogen-bond donors (Lipinski definition) is 2. The number of hydrogen-bond acceptors (Lipinski definition) is 6. The van der Waals surface area contributed by atoms with Gasteiger partial charge in [-0.25, -0.2) is 15.0 Å². The smallest absolute Gasteiger partial charge is 0.310 e. The maximum Gasteiger partial charge on any atom is 0.310 e. The van der Waals surface area contributed by atoms with Crippen LogP contribution in [0.15, 0.2) is 35.8 Å². The number of nitrogens with one attached hydrogen (secondary N) is 1. The number of aliphatic carboxylic acids is 1. The van der Waals surface area contributed by atoms with Gasteiger partial charge in [0.05, 0.1) is 12.1 Å². The van der Waals surface area contributed by atoms with Gasteiger partial charge in [0.15, 0.2) is 0 Å². The van der Waals surface area contributed by atoms with Gasteiger partial charge < -0.3 is 10.4 Å². The van der Waals surface area contributed by atoms with Crippen LogP contribution >= 0.6 is 11.3 Å². The second kappa shape index (κ2) is 6.76. The van der Waals surface area contributed by atoms with Crippen LogP contribution in [-0.4, -0.2) is 26.0 Å². The molecule has 0 bridgehead atoms. The molecule has 0 saturated heterocycles. The monoisotopic (exact) mass is 340 g/mol. The highest BCUT2D eigenvalue weighted by atomic mass is 32.1. The summed E-state index contributed by atoms with van der Waals surface area (Å²) in [5.41, 5.74) is 4.55. The maximum absolute atomic E-state index is 10.8. The number of aryl methyl sites for hydroxylation is 2. The Morgan fingerprint density at radius 3 is 2.62 bits per heavy atom. The van der Waals surface area contributed by atoms with E-state index in [1.807, 2.05) is 26.0 Å². The van der Waals surface area contributed by atoms with Crippen LogP contribution in [0.1, 0.15) is 16.1 Å². The Bertz CT molecular complexity index is 872. The summed E-state index contributed by atoms with van der Waals surface area (Å²) in [5, 5.41) is 14.4. The predicted molar refractivity (Wildman–Crippen MR) is 93.7 cm³/mol. The maximum atomic E-state index is 10.8. The van der Waals surface area contributed by atoms with Crippen LogP contribution in [0.3, 0.4) is 0 Å². The van der Waals surface area contributed by atoms with Gasteiger partial charge in [-0.1, -0.05) is 6.07 Å². The minimum Gasteiger partial charge on any atom is -0.481 e. The molecule has 0 fully saturated rings. The molecule has 2 heterocycles. The molecule has 0 unspecified atom stereocenters. The number of nitrogens with zero attached hydrogens (tertiary/aromatic N) is 3. The number of carboxylic acid groups (broad SMARTS) is 1. The summed E-state index contributed by atoms with van der Waals surface area (Å²) in [6.07, 6.45) is 1.58. The summed E-state index contributed by atoms with van der Waals surface area (Å²) in [5.74, 6) is -0.416. The number of carboxylic acids is 1. The van der Waals surface area contributed by atoms with E-state index in [-0.39, 0.29) is 6.42 Å². The van der Waals surface area contributed by atoms with Gasteiger partial charge in [-0.05, 0) is 43.2 Å². The van der Waals surface area contributed by atoms with E-state index in [9.17, 15) is 4.79 Å². The molecule has 2 aromatic heterocycles. The van der Waals surface area contributed by atoms with Crippen molar-refractivity contribution in [1.82, 2.24) is 15.0 Å². The van der Waals surface area contributed by atoms with Crippen molar-refractivity contribution in [2.45, 2.75) is 20.3 Å². The Kier molecular flexibility index (Phi) is 4.52. The van der Waals surface area contributed by atoms with Gasteiger partial charge in [-0.15, -0.1) is 11.3 Å². The standard InChI is InChI=1S/C17H16N4O2S/c1-10-5-11(2)7-12(6-10)19-17-18-4-3-13(21-17)14-9-24-15(20-14)8-16(22)23/h3-7,9H,8H2,1-2H3,(H,22,23)(H,18,19,21). The molecule has 3 rings (SSSR count). The summed E-state index contributed by atoms with van der Waals surface area (Å²) < 4.78 is 0. The summed E-state index contributed by atoms with van der Waals surface area (Å²) in [4.78, 5) is 23.8. The molecule has 0 atom stereocenters. The van der Waals surface area contributed by atoms with E-state index < -0.39 is 5.97 Å². The molecule has 0 saturated carbocycles. The van der Waals surface area contributed by atoms with Crippen molar-refractivity contribution in [3.8, 4) is 11.4 Å². The van der Waals surface area contributed by atoms with Crippen LogP contribution in [0.5, 0.6) is 0 Å². The van der Waals surface area contributed by atoms with Crippen LogP contribution in [0.2, 0.25) is 0 Å². The van der Waals surface area contributed by atoms with E-state index in [1.54, 1.807) is 17.6 Å². The van der Waals surface area contributed by atoms with Crippen molar-refractivity contribution in [2.24, 2.45) is 0 Å². The van der Waals surface area contributed by atoms with Crippen molar-refractivity contribution >= 4 is 28.9 Å². The first-order valence-electron chi connectivity index (χ1n) is 7.34. The van der Waals surface area contributed by atoms with Crippen molar-refractivity contribution in [1.29, 1.82) is 0 Å². The van der Waals surface area contributed by atoms with Crippen LogP contribution in [0.4, 0.5) is 11.6 Å². The normalized spacial score (nSPS) is 10.6. The molecule has 2 N–H and O–H groups in total. The number of benzene rings is 1. The van der Waals surface area contributed by atoms with Gasteiger partial charge in [0.1, 0.15) is 10.7 Å². The first kappa shape index (κ1) is 16.1. The SMILES string of the molecule is Cc1cc(C)cc(Nc2nccc(-c3csc(CC(=O)O)n3)n2)c1. The lowest BCUT2D eigenvalue weighted by molar-refractivity contribution is -0.136. The summed E-state index contributed by atoms with van der Waals surface area (Å²) in [7, 11) is 0. The molecule has 0 aliphatic carbocycles. The molecule has 0 radical (unpaired) electrons. The van der Waals surface area contributed by atoms with Gasteiger partial charge in [0.2, 0.25) is 5.95 Å². The van der Waals surface area contributed by atoms with Crippen molar-refractivity contribution < 1.29 is 9.90 Å². The molecule has 0 aliphatic heterocycles. The van der Waals surface area contributed by atoms with Gasteiger partial charge in [-0.3, -0.25) is 4.79 Å². The summed E-state index contributed by atoms with van der Waals surface area (Å²) >= 11 is 1.31. The van der Waals surface area contributed by atoms with Gasteiger partial charge >= 0.3 is 5.97 Å². The highest BCUT2D eigenvalue weighted by Crippen LogP contribution is 2.22. The highest BCUT2D eigenvalue weighted by Gasteiger charge is 2.10. The fourth-order valence-electron chi connectivity index (χ4n) is 2.38. The lowest BCUT2D eigenvalue weighted by Crippen LogP contribution is -2.00. The third-order valence-electron chi connectivity index (χ3n) is 3.25. The quantitative estimate of drug-likeness (QED) is 0.738. The minimum absolute atomic E-state index is 0.0799. The molecule has 24 heavy (non-hydrogen) atoms. The zero-order valence-electron chi connectivity index (χ0n) is 13.3. The molecule has 7 heteroatoms. The van der Waals surface area contributed by atoms with Gasteiger partial charge in [-0.2, -0.15) is 0 Å². The van der Waals surface area contributed by atoms with Crippen molar-refractivity contribution in [3.63, 3.8) is 0 Å². The van der Waals surface area contributed by atoms with E-state index in [0.717, 1.165) is 16.8 Å². The van der Waals surface area contributed by atoms with Gasteiger partial charge in [0, 0.05) is 17.3 Å². The first-order chi connectivity index (χ1) is 11.5. The molecule has 0 aliphatic rings. The van der Waals surface area contributed by atoms with E-state index >= 15 is 0 Å². The summed E-state index contributed by atoms with van der Waals surface area (Å²) in [6.45, 7) is 4.07. The molecule has 6 nitrogen and oxygen atoms in total. The second-order valence-corrected chi connectivity index (χ2v) is 6.41. The van der Waals surface area contributed by atoms with E-state index in [4.69, 9.17) is 5.11 Å². The average Bonchev–Trinajstić information content (AvgIpc) is 2.94. The molecule has 0 spiro atoms. The first-order valence-corrected chi connectivity index (χ1v) is 8.22. The Labute approximate surface area is 143 Å². The van der Waals surface area contributed by atoms with E-state index in [1.165, 1.54) is 11.3 Å². The lowest BCUT2D eigenvalue weighted by atomic mass is 10.1. The minimum atomic E-state index is -0.893. The largest absolute Gasteiger partial charge is 0.481 e. The van der Waals surface area contributed by atoms with Gasteiger partial charge in [0.25, 0.3) is 0 Å². The van der Waals surface area contributed by atoms with Crippen LogP contribution in [0.25, 0.3) is 11.4 Å². The van der Waals surface area contributed by atoms with Crippen LogP contribution in [0, 0.1) is 13.8 Å². The third-order valence-corrected chi connectivity index (χ3v) is 4.10. The number of aromatic nitrogens is 3. The number of anilines is 2. The number of thiazole rings is 1. The van der Waals surface area contributed by atoms with Crippen LogP contribution in [-0.2, 0) is 11.2 Å². The fourth-order valence-corrected chi connectivity index (χ4v) is 3.16.